The Hall–Kier alpha value is -2.35. The van der Waals surface area contributed by atoms with Crippen LogP contribution in [0.15, 0.2) is 23.2 Å². The van der Waals surface area contributed by atoms with Crippen LogP contribution in [0.5, 0.6) is 5.88 Å². The number of carbonyl (C=O) groups is 1. The average Bonchev–Trinajstić information content (AvgIpc) is 2.86. The van der Waals surface area contributed by atoms with Crippen LogP contribution in [0, 0.1) is 6.92 Å². The molecule has 1 aromatic carbocycles. The van der Waals surface area contributed by atoms with Crippen molar-refractivity contribution in [2.45, 2.75) is 25.3 Å². The number of ketones is 1. The SMILES string of the molecule is CCn1ncc(C(=O)c2ccc(S(C)(=O)=O)c(NC)c2C)c1O. The summed E-state index contributed by atoms with van der Waals surface area (Å²) in [5.74, 6) is -0.605. The minimum atomic E-state index is -3.42. The molecule has 0 unspecified atom stereocenters. The van der Waals surface area contributed by atoms with Crippen molar-refractivity contribution < 1.29 is 18.3 Å². The highest BCUT2D eigenvalue weighted by molar-refractivity contribution is 7.90. The molecule has 0 spiro atoms. The zero-order valence-electron chi connectivity index (χ0n) is 13.4. The van der Waals surface area contributed by atoms with E-state index in [-0.39, 0.29) is 16.3 Å². The van der Waals surface area contributed by atoms with Crippen molar-refractivity contribution in [1.82, 2.24) is 9.78 Å². The second-order valence-electron chi connectivity index (χ2n) is 5.16. The molecule has 0 aliphatic rings. The molecule has 0 bridgehead atoms. The lowest BCUT2D eigenvalue weighted by Crippen LogP contribution is -2.10. The first-order chi connectivity index (χ1) is 10.7. The monoisotopic (exact) mass is 337 g/mol. The van der Waals surface area contributed by atoms with Gasteiger partial charge in [-0.2, -0.15) is 5.10 Å². The minimum absolute atomic E-state index is 0.0871. The number of aryl methyl sites for hydroxylation is 1. The van der Waals surface area contributed by atoms with Gasteiger partial charge >= 0.3 is 0 Å². The normalized spacial score (nSPS) is 11.5. The number of benzene rings is 1. The Morgan fingerprint density at radius 1 is 1.35 bits per heavy atom. The summed E-state index contributed by atoms with van der Waals surface area (Å²) in [7, 11) is -1.83. The first kappa shape index (κ1) is 17.0. The Morgan fingerprint density at radius 2 is 2.00 bits per heavy atom. The zero-order valence-corrected chi connectivity index (χ0v) is 14.2. The fourth-order valence-corrected chi connectivity index (χ4v) is 3.41. The van der Waals surface area contributed by atoms with E-state index in [4.69, 9.17) is 0 Å². The largest absolute Gasteiger partial charge is 0.493 e. The van der Waals surface area contributed by atoms with Crippen LogP contribution in [0.3, 0.4) is 0 Å². The summed E-state index contributed by atoms with van der Waals surface area (Å²) < 4.78 is 25.0. The molecule has 0 amide bonds. The number of hydrogen-bond donors (Lipinski definition) is 2. The zero-order chi connectivity index (χ0) is 17.4. The number of rotatable bonds is 5. The van der Waals surface area contributed by atoms with Gasteiger partial charge in [0.15, 0.2) is 15.6 Å². The minimum Gasteiger partial charge on any atom is -0.493 e. The number of aromatic nitrogens is 2. The maximum atomic E-state index is 12.7. The van der Waals surface area contributed by atoms with E-state index in [2.05, 4.69) is 10.4 Å². The molecule has 8 heteroatoms. The third-order valence-corrected chi connectivity index (χ3v) is 4.82. The van der Waals surface area contributed by atoms with Crippen LogP contribution in [0.2, 0.25) is 0 Å². The maximum absolute atomic E-state index is 12.7. The van der Waals surface area contributed by atoms with E-state index in [9.17, 15) is 18.3 Å². The highest BCUT2D eigenvalue weighted by Gasteiger charge is 2.23. The summed E-state index contributed by atoms with van der Waals surface area (Å²) in [5.41, 5.74) is 1.28. The van der Waals surface area contributed by atoms with Gasteiger partial charge in [-0.1, -0.05) is 0 Å². The Kier molecular flexibility index (Phi) is 4.46. The predicted octanol–water partition coefficient (Wildman–Crippen LogP) is 1.59. The van der Waals surface area contributed by atoms with Crippen LogP contribution in [-0.2, 0) is 16.4 Å². The Labute approximate surface area is 134 Å². The number of aromatic hydroxyl groups is 1. The number of sulfone groups is 1. The maximum Gasteiger partial charge on any atom is 0.220 e. The van der Waals surface area contributed by atoms with Gasteiger partial charge in [0.25, 0.3) is 0 Å². The molecule has 2 N–H and O–H groups in total. The number of anilines is 1. The van der Waals surface area contributed by atoms with Gasteiger partial charge in [0.2, 0.25) is 5.88 Å². The molecule has 124 valence electrons. The fourth-order valence-electron chi connectivity index (χ4n) is 2.47. The van der Waals surface area contributed by atoms with Crippen LogP contribution in [0.4, 0.5) is 5.69 Å². The van der Waals surface area contributed by atoms with Gasteiger partial charge in [-0.25, -0.2) is 13.1 Å². The molecule has 1 heterocycles. The molecule has 0 saturated heterocycles. The van der Waals surface area contributed by atoms with Crippen molar-refractivity contribution in [2.24, 2.45) is 0 Å². The van der Waals surface area contributed by atoms with E-state index in [1.54, 1.807) is 20.9 Å². The Bertz CT molecular complexity index is 869. The Balaban J connectivity index is 2.60. The molecule has 0 atom stereocenters. The van der Waals surface area contributed by atoms with E-state index >= 15 is 0 Å². The summed E-state index contributed by atoms with van der Waals surface area (Å²) >= 11 is 0. The molecule has 0 aliphatic carbocycles. The highest BCUT2D eigenvalue weighted by Crippen LogP contribution is 2.30. The van der Waals surface area contributed by atoms with Gasteiger partial charge in [0.05, 0.1) is 16.8 Å². The third-order valence-electron chi connectivity index (χ3n) is 3.68. The standard InChI is InChI=1S/C15H19N3O4S/c1-5-18-15(20)11(8-17-18)14(19)10-6-7-12(23(4,21)22)13(16-3)9(10)2/h6-8,16,20H,5H2,1-4H3. The first-order valence-electron chi connectivity index (χ1n) is 7.03. The molecule has 0 fully saturated rings. The van der Waals surface area contributed by atoms with E-state index in [0.29, 0.717) is 23.4 Å². The van der Waals surface area contributed by atoms with Gasteiger partial charge < -0.3 is 10.4 Å². The van der Waals surface area contributed by atoms with E-state index < -0.39 is 15.6 Å². The van der Waals surface area contributed by atoms with Crippen molar-refractivity contribution in [2.75, 3.05) is 18.6 Å². The number of carbonyl (C=O) groups excluding carboxylic acids is 1. The lowest BCUT2D eigenvalue weighted by molar-refractivity contribution is 0.103. The molecule has 0 saturated carbocycles. The van der Waals surface area contributed by atoms with E-state index in [1.807, 2.05) is 0 Å². The third kappa shape index (κ3) is 2.94. The number of nitrogens with zero attached hydrogens (tertiary/aromatic N) is 2. The van der Waals surface area contributed by atoms with Crippen LogP contribution >= 0.6 is 0 Å². The number of hydrogen-bond acceptors (Lipinski definition) is 6. The van der Waals surface area contributed by atoms with Gasteiger partial charge in [-0.05, 0) is 31.5 Å². The second kappa shape index (κ2) is 6.04. The average molecular weight is 337 g/mol. The molecular formula is C15H19N3O4S. The summed E-state index contributed by atoms with van der Waals surface area (Å²) in [6.07, 6.45) is 2.42. The Morgan fingerprint density at radius 3 is 2.48 bits per heavy atom. The summed E-state index contributed by atoms with van der Waals surface area (Å²) in [5, 5.41) is 16.8. The van der Waals surface area contributed by atoms with Gasteiger partial charge in [-0.3, -0.25) is 4.79 Å². The van der Waals surface area contributed by atoms with Gasteiger partial charge in [0, 0.05) is 25.4 Å². The quantitative estimate of drug-likeness (QED) is 0.804. The highest BCUT2D eigenvalue weighted by atomic mass is 32.2. The first-order valence-corrected chi connectivity index (χ1v) is 8.92. The van der Waals surface area contributed by atoms with Crippen molar-refractivity contribution >= 4 is 21.3 Å². The molecular weight excluding hydrogens is 318 g/mol. The molecule has 23 heavy (non-hydrogen) atoms. The van der Waals surface area contributed by atoms with E-state index in [1.165, 1.54) is 23.0 Å². The second-order valence-corrected chi connectivity index (χ2v) is 7.14. The molecule has 7 nitrogen and oxygen atoms in total. The predicted molar refractivity (Wildman–Crippen MR) is 86.8 cm³/mol. The molecule has 0 radical (unpaired) electrons. The number of nitrogens with one attached hydrogen (secondary N) is 1. The summed E-state index contributed by atoms with van der Waals surface area (Å²) in [6.45, 7) is 3.90. The topological polar surface area (TPSA) is 101 Å². The summed E-state index contributed by atoms with van der Waals surface area (Å²) in [4.78, 5) is 12.8. The summed E-state index contributed by atoms with van der Waals surface area (Å²) in [6, 6.07) is 2.85. The van der Waals surface area contributed by atoms with Gasteiger partial charge in [-0.15, -0.1) is 0 Å². The van der Waals surface area contributed by atoms with Crippen LogP contribution < -0.4 is 5.32 Å². The van der Waals surface area contributed by atoms with Crippen LogP contribution in [0.1, 0.15) is 28.4 Å². The smallest absolute Gasteiger partial charge is 0.220 e. The molecule has 2 rings (SSSR count). The lowest BCUT2D eigenvalue weighted by atomic mass is 9.99. The van der Waals surface area contributed by atoms with Crippen molar-refractivity contribution in [1.29, 1.82) is 0 Å². The van der Waals surface area contributed by atoms with Gasteiger partial charge in [0.1, 0.15) is 5.56 Å². The van der Waals surface area contributed by atoms with Crippen molar-refractivity contribution in [3.8, 4) is 5.88 Å². The molecule has 0 aliphatic heterocycles. The lowest BCUT2D eigenvalue weighted by Gasteiger charge is -2.14. The van der Waals surface area contributed by atoms with Crippen LogP contribution in [-0.4, -0.2) is 42.4 Å². The van der Waals surface area contributed by atoms with Crippen molar-refractivity contribution in [3.63, 3.8) is 0 Å². The van der Waals surface area contributed by atoms with E-state index in [0.717, 1.165) is 6.26 Å². The van der Waals surface area contributed by atoms with Crippen molar-refractivity contribution in [3.05, 3.63) is 35.0 Å². The molecule has 2 aromatic rings. The fraction of sp³-hybridized carbons (Fsp3) is 0.333. The van der Waals surface area contributed by atoms with Crippen LogP contribution in [0.25, 0.3) is 0 Å². The molecule has 1 aromatic heterocycles.